The summed E-state index contributed by atoms with van der Waals surface area (Å²) in [5.74, 6) is 0. The Kier molecular flexibility index (Phi) is 3.52. The zero-order valence-corrected chi connectivity index (χ0v) is 10.3. The van der Waals surface area contributed by atoms with Crippen molar-refractivity contribution < 1.29 is 0 Å². The number of hydrogen-bond donors (Lipinski definition) is 2. The van der Waals surface area contributed by atoms with Crippen molar-refractivity contribution in [3.05, 3.63) is 52.2 Å². The Balaban J connectivity index is 2.39. The van der Waals surface area contributed by atoms with Gasteiger partial charge in [-0.2, -0.15) is 0 Å². The van der Waals surface area contributed by atoms with Gasteiger partial charge in [-0.3, -0.25) is 14.8 Å². The van der Waals surface area contributed by atoms with Gasteiger partial charge in [0, 0.05) is 25.7 Å². The molecule has 0 aliphatic heterocycles. The fraction of sp³-hybridized carbons (Fsp3) is 0.154. The van der Waals surface area contributed by atoms with Crippen LogP contribution in [0.4, 0.5) is 11.4 Å². The van der Waals surface area contributed by atoms with E-state index in [0.29, 0.717) is 5.56 Å². The number of nitrogens with zero attached hydrogens (tertiary/aromatic N) is 2. The molecule has 2 heterocycles. The van der Waals surface area contributed by atoms with Gasteiger partial charge in [-0.15, -0.1) is 0 Å². The molecule has 2 rings (SSSR count). The number of rotatable bonds is 3. The van der Waals surface area contributed by atoms with Crippen LogP contribution in [0.3, 0.4) is 0 Å². The minimum Gasteiger partial charge on any atom is -0.385 e. The Morgan fingerprint density at radius 3 is 3.00 bits per heavy atom. The summed E-state index contributed by atoms with van der Waals surface area (Å²) in [5.41, 5.74) is 2.88. The maximum absolute atomic E-state index is 11.6. The Bertz CT molecular complexity index is 631. The smallest absolute Gasteiger partial charge is 0.257 e. The van der Waals surface area contributed by atoms with Gasteiger partial charge in [0.05, 0.1) is 23.1 Å². The van der Waals surface area contributed by atoms with Gasteiger partial charge in [-0.05, 0) is 24.6 Å². The molecular weight excluding hydrogens is 228 g/mol. The molecule has 0 aliphatic carbocycles. The number of aliphatic imine (C=N–C) groups is 1. The first-order valence-corrected chi connectivity index (χ1v) is 5.56. The van der Waals surface area contributed by atoms with E-state index in [1.807, 2.05) is 13.0 Å². The summed E-state index contributed by atoms with van der Waals surface area (Å²) in [6.45, 7) is 1.88. The Morgan fingerprint density at radius 2 is 2.28 bits per heavy atom. The summed E-state index contributed by atoms with van der Waals surface area (Å²) in [6.07, 6.45) is 6.55. The fourth-order valence-corrected chi connectivity index (χ4v) is 1.58. The van der Waals surface area contributed by atoms with Gasteiger partial charge >= 0.3 is 0 Å². The van der Waals surface area contributed by atoms with Crippen molar-refractivity contribution in [3.63, 3.8) is 0 Å². The molecule has 0 spiro atoms. The van der Waals surface area contributed by atoms with E-state index >= 15 is 0 Å². The van der Waals surface area contributed by atoms with Gasteiger partial charge in [-0.1, -0.05) is 0 Å². The zero-order chi connectivity index (χ0) is 13.0. The summed E-state index contributed by atoms with van der Waals surface area (Å²) in [4.78, 5) is 22.6. The van der Waals surface area contributed by atoms with Crippen molar-refractivity contribution in [2.24, 2.45) is 4.99 Å². The highest BCUT2D eigenvalue weighted by Crippen LogP contribution is 2.21. The van der Waals surface area contributed by atoms with E-state index in [4.69, 9.17) is 0 Å². The third-order valence-corrected chi connectivity index (χ3v) is 2.62. The van der Waals surface area contributed by atoms with Gasteiger partial charge in [0.25, 0.3) is 5.56 Å². The van der Waals surface area contributed by atoms with E-state index in [1.165, 1.54) is 0 Å². The van der Waals surface area contributed by atoms with Crippen LogP contribution < -0.4 is 10.9 Å². The van der Waals surface area contributed by atoms with Crippen molar-refractivity contribution in [2.75, 3.05) is 12.4 Å². The molecule has 0 aromatic carbocycles. The van der Waals surface area contributed by atoms with E-state index in [1.54, 1.807) is 37.9 Å². The Morgan fingerprint density at radius 1 is 1.44 bits per heavy atom. The summed E-state index contributed by atoms with van der Waals surface area (Å²) in [7, 11) is 1.80. The van der Waals surface area contributed by atoms with Crippen LogP contribution in [-0.2, 0) is 0 Å². The number of aromatic amines is 1. The molecule has 2 N–H and O–H groups in total. The molecule has 0 radical (unpaired) electrons. The Labute approximate surface area is 105 Å². The zero-order valence-electron chi connectivity index (χ0n) is 10.3. The van der Waals surface area contributed by atoms with Crippen molar-refractivity contribution in [3.8, 4) is 0 Å². The molecule has 0 saturated heterocycles. The lowest BCUT2D eigenvalue weighted by atomic mass is 10.2. The van der Waals surface area contributed by atoms with Crippen LogP contribution in [-0.4, -0.2) is 23.2 Å². The van der Waals surface area contributed by atoms with E-state index in [2.05, 4.69) is 20.3 Å². The molecule has 0 amide bonds. The second-order valence-electron chi connectivity index (χ2n) is 3.80. The van der Waals surface area contributed by atoms with E-state index in [9.17, 15) is 4.79 Å². The van der Waals surface area contributed by atoms with Crippen molar-refractivity contribution >= 4 is 17.6 Å². The molecule has 0 unspecified atom stereocenters. The van der Waals surface area contributed by atoms with Gasteiger partial charge in [-0.25, -0.2) is 0 Å². The lowest BCUT2D eigenvalue weighted by Gasteiger charge is -2.03. The molecule has 0 aliphatic rings. The quantitative estimate of drug-likeness (QED) is 0.807. The first kappa shape index (κ1) is 12.0. The van der Waals surface area contributed by atoms with Crippen LogP contribution in [0.5, 0.6) is 0 Å². The monoisotopic (exact) mass is 242 g/mol. The number of anilines is 1. The van der Waals surface area contributed by atoms with E-state index in [0.717, 1.165) is 16.9 Å². The molecule has 0 atom stereocenters. The summed E-state index contributed by atoms with van der Waals surface area (Å²) in [6, 6.07) is 3.63. The average molecular weight is 242 g/mol. The normalized spacial score (nSPS) is 10.8. The second kappa shape index (κ2) is 5.27. The minimum atomic E-state index is -0.140. The Hall–Kier alpha value is -2.43. The summed E-state index contributed by atoms with van der Waals surface area (Å²) in [5, 5.41) is 3.00. The van der Waals surface area contributed by atoms with Crippen LogP contribution in [0.15, 0.2) is 40.5 Å². The van der Waals surface area contributed by atoms with Gasteiger partial charge < -0.3 is 10.3 Å². The molecule has 0 fully saturated rings. The fourth-order valence-electron chi connectivity index (χ4n) is 1.58. The lowest BCUT2D eigenvalue weighted by Crippen LogP contribution is -2.12. The third-order valence-electron chi connectivity index (χ3n) is 2.62. The standard InChI is InChI=1S/C13H14N4O/c1-9-3-6-16-13(18)10(9)7-17-11-4-5-15-8-12(11)14-2/h3-8,14H,1-2H3,(H,16,18). The van der Waals surface area contributed by atoms with Crippen molar-refractivity contribution in [1.82, 2.24) is 9.97 Å². The van der Waals surface area contributed by atoms with Gasteiger partial charge in [0.15, 0.2) is 0 Å². The van der Waals surface area contributed by atoms with Crippen molar-refractivity contribution in [2.45, 2.75) is 6.92 Å². The highest BCUT2D eigenvalue weighted by molar-refractivity contribution is 5.84. The maximum Gasteiger partial charge on any atom is 0.257 e. The summed E-state index contributed by atoms with van der Waals surface area (Å²) < 4.78 is 0. The molecule has 5 heteroatoms. The SMILES string of the molecule is CNc1cnccc1N=Cc1c(C)cc[nH]c1=O. The number of pyridine rings is 2. The predicted molar refractivity (Wildman–Crippen MR) is 72.8 cm³/mol. The van der Waals surface area contributed by atoms with Gasteiger partial charge in [0.1, 0.15) is 0 Å². The average Bonchev–Trinajstić information content (AvgIpc) is 2.38. The number of nitrogens with one attached hydrogen (secondary N) is 2. The van der Waals surface area contributed by atoms with E-state index in [-0.39, 0.29) is 5.56 Å². The van der Waals surface area contributed by atoms with Crippen LogP contribution in [0.25, 0.3) is 0 Å². The number of hydrogen-bond acceptors (Lipinski definition) is 4. The molecule has 0 bridgehead atoms. The molecule has 2 aromatic rings. The molecular formula is C13H14N4O. The van der Waals surface area contributed by atoms with Crippen LogP contribution in [0.2, 0.25) is 0 Å². The largest absolute Gasteiger partial charge is 0.385 e. The molecule has 92 valence electrons. The number of aromatic nitrogens is 2. The first-order valence-electron chi connectivity index (χ1n) is 5.56. The minimum absolute atomic E-state index is 0.140. The number of aryl methyl sites for hydroxylation is 1. The van der Waals surface area contributed by atoms with Crippen LogP contribution >= 0.6 is 0 Å². The summed E-state index contributed by atoms with van der Waals surface area (Å²) >= 11 is 0. The second-order valence-corrected chi connectivity index (χ2v) is 3.80. The van der Waals surface area contributed by atoms with Crippen LogP contribution in [0, 0.1) is 6.92 Å². The highest BCUT2D eigenvalue weighted by atomic mass is 16.1. The predicted octanol–water partition coefficient (Wildman–Crippen LogP) is 1.87. The topological polar surface area (TPSA) is 70.1 Å². The highest BCUT2D eigenvalue weighted by Gasteiger charge is 2.01. The molecule has 0 saturated carbocycles. The number of H-pyrrole nitrogens is 1. The molecule has 2 aromatic heterocycles. The molecule has 18 heavy (non-hydrogen) atoms. The van der Waals surface area contributed by atoms with Crippen LogP contribution in [0.1, 0.15) is 11.1 Å². The van der Waals surface area contributed by atoms with E-state index < -0.39 is 0 Å². The molecule has 5 nitrogen and oxygen atoms in total. The lowest BCUT2D eigenvalue weighted by molar-refractivity contribution is 1.19. The third kappa shape index (κ3) is 2.45. The maximum atomic E-state index is 11.6. The first-order chi connectivity index (χ1) is 8.72. The van der Waals surface area contributed by atoms with Crippen molar-refractivity contribution in [1.29, 1.82) is 0 Å². The van der Waals surface area contributed by atoms with Gasteiger partial charge in [0.2, 0.25) is 0 Å².